The molecule has 1 aliphatic heterocycles. The fourth-order valence-electron chi connectivity index (χ4n) is 3.87. The highest BCUT2D eigenvalue weighted by Gasteiger charge is 2.34. The van der Waals surface area contributed by atoms with Crippen LogP contribution in [0, 0.1) is 17.8 Å². The van der Waals surface area contributed by atoms with E-state index in [9.17, 15) is 14.7 Å². The Morgan fingerprint density at radius 2 is 2.03 bits per heavy atom. The third-order valence-electron chi connectivity index (χ3n) is 6.13. The van der Waals surface area contributed by atoms with Gasteiger partial charge in [-0.25, -0.2) is 4.98 Å². The van der Waals surface area contributed by atoms with E-state index in [1.165, 1.54) is 0 Å². The van der Waals surface area contributed by atoms with Crippen LogP contribution in [0.4, 0.5) is 0 Å². The molecule has 0 saturated carbocycles. The van der Waals surface area contributed by atoms with Crippen LogP contribution in [0.5, 0.6) is 5.88 Å². The highest BCUT2D eigenvalue weighted by Crippen LogP contribution is 2.27. The molecule has 0 fully saturated rings. The fourth-order valence-corrected chi connectivity index (χ4v) is 3.87. The van der Waals surface area contributed by atoms with Crippen molar-refractivity contribution < 1.29 is 19.4 Å². The van der Waals surface area contributed by atoms with Crippen LogP contribution in [0.2, 0.25) is 0 Å². The summed E-state index contributed by atoms with van der Waals surface area (Å²) >= 11 is 0. The Labute approximate surface area is 213 Å². The number of aliphatic hydroxyl groups is 1. The maximum absolute atomic E-state index is 13.5. The normalized spacial score (nSPS) is 18.3. The van der Waals surface area contributed by atoms with Crippen LogP contribution >= 0.6 is 0 Å². The zero-order valence-corrected chi connectivity index (χ0v) is 21.6. The first-order chi connectivity index (χ1) is 17.2. The van der Waals surface area contributed by atoms with Gasteiger partial charge in [0.15, 0.2) is 0 Å². The minimum atomic E-state index is -0.408. The maximum atomic E-state index is 13.5. The lowest BCUT2D eigenvalue weighted by Crippen LogP contribution is -2.50. The van der Waals surface area contributed by atoms with Gasteiger partial charge < -0.3 is 19.6 Å². The summed E-state index contributed by atoms with van der Waals surface area (Å²) in [6.45, 7) is 4.89. The van der Waals surface area contributed by atoms with Crippen LogP contribution in [0.1, 0.15) is 35.3 Å². The van der Waals surface area contributed by atoms with E-state index in [-0.39, 0.29) is 42.7 Å². The van der Waals surface area contributed by atoms with Gasteiger partial charge in [-0.1, -0.05) is 18.8 Å². The van der Waals surface area contributed by atoms with E-state index < -0.39 is 6.10 Å². The lowest BCUT2D eigenvalue weighted by atomic mass is 9.99. The third-order valence-corrected chi connectivity index (χ3v) is 6.13. The first-order valence-corrected chi connectivity index (χ1v) is 12.0. The van der Waals surface area contributed by atoms with Gasteiger partial charge in [-0.2, -0.15) is 0 Å². The number of aromatic nitrogens is 2. The molecule has 2 amide bonds. The van der Waals surface area contributed by atoms with E-state index in [0.29, 0.717) is 30.8 Å². The van der Waals surface area contributed by atoms with Crippen molar-refractivity contribution in [3.8, 4) is 17.7 Å². The van der Waals surface area contributed by atoms with Crippen LogP contribution in [0.25, 0.3) is 0 Å². The van der Waals surface area contributed by atoms with Crippen molar-refractivity contribution in [2.45, 2.75) is 32.4 Å². The molecule has 0 unspecified atom stereocenters. The third kappa shape index (κ3) is 7.03. The smallest absolute Gasteiger partial charge is 0.259 e. The average Bonchev–Trinajstić information content (AvgIpc) is 2.86. The van der Waals surface area contributed by atoms with Gasteiger partial charge in [-0.3, -0.25) is 19.5 Å². The van der Waals surface area contributed by atoms with Crippen LogP contribution in [0.15, 0.2) is 36.8 Å². The highest BCUT2D eigenvalue weighted by molar-refractivity contribution is 5.97. The van der Waals surface area contributed by atoms with Crippen LogP contribution in [-0.2, 0) is 11.2 Å². The van der Waals surface area contributed by atoms with Crippen molar-refractivity contribution in [2.75, 3.05) is 47.4 Å². The molecule has 2 aromatic rings. The summed E-state index contributed by atoms with van der Waals surface area (Å²) in [4.78, 5) is 40.0. The Balaban J connectivity index is 1.87. The molecule has 3 heterocycles. The van der Waals surface area contributed by atoms with Crippen molar-refractivity contribution >= 4 is 11.8 Å². The van der Waals surface area contributed by atoms with E-state index in [1.54, 1.807) is 48.4 Å². The Hall–Kier alpha value is -3.48. The molecule has 2 aromatic heterocycles. The highest BCUT2D eigenvalue weighted by atomic mass is 16.5. The predicted octanol–water partition coefficient (Wildman–Crippen LogP) is 1.31. The van der Waals surface area contributed by atoms with Gasteiger partial charge in [-0.05, 0) is 44.8 Å². The molecular formula is C27H35N5O4. The lowest BCUT2D eigenvalue weighted by molar-refractivity contribution is -0.130. The average molecular weight is 494 g/mol. The van der Waals surface area contributed by atoms with Gasteiger partial charge in [0.2, 0.25) is 11.8 Å². The van der Waals surface area contributed by atoms with E-state index in [1.807, 2.05) is 38.1 Å². The second-order valence-electron chi connectivity index (χ2n) is 9.55. The van der Waals surface area contributed by atoms with E-state index in [0.717, 1.165) is 5.56 Å². The second kappa shape index (κ2) is 12.5. The molecule has 0 aliphatic carbocycles. The number of amides is 2. The first-order valence-electron chi connectivity index (χ1n) is 12.0. The molecule has 9 nitrogen and oxygen atoms in total. The minimum absolute atomic E-state index is 0.0459. The lowest BCUT2D eigenvalue weighted by Gasteiger charge is -2.37. The largest absolute Gasteiger partial charge is 0.472 e. The Morgan fingerprint density at radius 3 is 2.69 bits per heavy atom. The zero-order valence-electron chi connectivity index (χ0n) is 21.6. The SMILES string of the molecule is C[C@@H]1CN([C@H](C)CO)C(=O)c2cc(C#CCN(C)C)cnc2O[C@H]1CN(C)C(=O)Cc1ccncc1. The molecule has 3 atom stereocenters. The summed E-state index contributed by atoms with van der Waals surface area (Å²) in [5.41, 5.74) is 1.80. The Morgan fingerprint density at radius 1 is 1.31 bits per heavy atom. The first kappa shape index (κ1) is 27.1. The van der Waals surface area contributed by atoms with Crippen molar-refractivity contribution in [3.63, 3.8) is 0 Å². The monoisotopic (exact) mass is 493 g/mol. The van der Waals surface area contributed by atoms with Gasteiger partial charge in [-0.15, -0.1) is 0 Å². The van der Waals surface area contributed by atoms with Crippen LogP contribution in [-0.4, -0.2) is 101 Å². The van der Waals surface area contributed by atoms with Crippen molar-refractivity contribution in [1.82, 2.24) is 24.7 Å². The molecule has 0 bridgehead atoms. The zero-order chi connectivity index (χ0) is 26.2. The van der Waals surface area contributed by atoms with E-state index >= 15 is 0 Å². The van der Waals surface area contributed by atoms with Crippen LogP contribution < -0.4 is 4.74 Å². The second-order valence-corrected chi connectivity index (χ2v) is 9.55. The number of fused-ring (bicyclic) bond motifs is 1. The Kier molecular flexibility index (Phi) is 9.39. The minimum Gasteiger partial charge on any atom is -0.472 e. The van der Waals surface area contributed by atoms with Crippen LogP contribution in [0.3, 0.4) is 0 Å². The molecule has 36 heavy (non-hydrogen) atoms. The number of carbonyl (C=O) groups is 2. The van der Waals surface area contributed by atoms with Gasteiger partial charge in [0.05, 0.1) is 32.2 Å². The molecule has 0 radical (unpaired) electrons. The van der Waals surface area contributed by atoms with E-state index in [4.69, 9.17) is 4.74 Å². The van der Waals surface area contributed by atoms with Gasteiger partial charge >= 0.3 is 0 Å². The molecule has 9 heteroatoms. The molecule has 1 aliphatic rings. The number of ether oxygens (including phenoxy) is 1. The van der Waals surface area contributed by atoms with Crippen molar-refractivity contribution in [2.24, 2.45) is 5.92 Å². The van der Waals surface area contributed by atoms with Crippen molar-refractivity contribution in [3.05, 3.63) is 53.5 Å². The Bertz CT molecular complexity index is 1110. The summed E-state index contributed by atoms with van der Waals surface area (Å²) in [5, 5.41) is 9.82. The summed E-state index contributed by atoms with van der Waals surface area (Å²) in [7, 11) is 5.60. The molecule has 1 N–H and O–H groups in total. The number of likely N-dealkylation sites (N-methyl/N-ethyl adjacent to an activating group) is 1. The molecule has 0 saturated heterocycles. The summed E-state index contributed by atoms with van der Waals surface area (Å²) in [6, 6.07) is 4.94. The predicted molar refractivity (Wildman–Crippen MR) is 136 cm³/mol. The number of rotatable bonds is 7. The number of nitrogens with zero attached hydrogens (tertiary/aromatic N) is 5. The topological polar surface area (TPSA) is 99.1 Å². The molecule has 3 rings (SSSR count). The molecule has 192 valence electrons. The van der Waals surface area contributed by atoms with Gasteiger partial charge in [0, 0.05) is 43.7 Å². The maximum Gasteiger partial charge on any atom is 0.259 e. The number of hydrogen-bond acceptors (Lipinski definition) is 7. The number of pyridine rings is 2. The quantitative estimate of drug-likeness (QED) is 0.581. The van der Waals surface area contributed by atoms with Crippen molar-refractivity contribution in [1.29, 1.82) is 0 Å². The molecular weight excluding hydrogens is 458 g/mol. The molecule has 0 spiro atoms. The van der Waals surface area contributed by atoms with E-state index in [2.05, 4.69) is 21.8 Å². The standard InChI is InChI=1S/C27H35N5O4/c1-19-16-32(20(2)18-33)27(35)23-13-22(7-6-12-30(3)4)15-29-26(23)36-24(19)17-31(5)25(34)14-21-8-10-28-11-9-21/h8-11,13,15,19-20,24,33H,12,14,16-18H2,1-5H3/t19-,20-,24+/m1/s1. The summed E-state index contributed by atoms with van der Waals surface area (Å²) < 4.78 is 6.27. The summed E-state index contributed by atoms with van der Waals surface area (Å²) in [6.07, 6.45) is 4.78. The summed E-state index contributed by atoms with van der Waals surface area (Å²) in [5.74, 6) is 5.88. The van der Waals surface area contributed by atoms with Gasteiger partial charge in [0.1, 0.15) is 11.7 Å². The number of carbonyl (C=O) groups excluding carboxylic acids is 2. The molecule has 0 aromatic carbocycles. The number of hydrogen-bond donors (Lipinski definition) is 1. The number of aliphatic hydroxyl groups excluding tert-OH is 1. The fraction of sp³-hybridized carbons (Fsp3) is 0.481. The van der Waals surface area contributed by atoms with Gasteiger partial charge in [0.25, 0.3) is 5.91 Å².